The number of likely N-dealkylation sites (N-methyl/N-ethyl adjacent to an activating group) is 1. The minimum absolute atomic E-state index is 0.0170. The molecular formula is C28H38N4O7. The molecule has 7 N–H and O–H groups in total. The van der Waals surface area contributed by atoms with Gasteiger partial charge in [0.2, 0.25) is 5.78 Å². The second-order valence-electron chi connectivity index (χ2n) is 11.6. The average Bonchev–Trinajstić information content (AvgIpc) is 2.81. The molecule has 0 unspecified atom stereocenters. The number of hydrogen-bond donors (Lipinski definition) is 6. The molecule has 0 bridgehead atoms. The Morgan fingerprint density at radius 1 is 1.18 bits per heavy atom. The number of Topliss-reactive ketones (excluding diaryl/α,β-unsaturated/α-hetero) is 2. The molecule has 3 aliphatic rings. The maximum Gasteiger partial charge on any atom is 0.255 e. The van der Waals surface area contributed by atoms with E-state index in [9.17, 15) is 34.8 Å². The van der Waals surface area contributed by atoms with Gasteiger partial charge in [-0.25, -0.2) is 0 Å². The van der Waals surface area contributed by atoms with E-state index in [0.29, 0.717) is 30.1 Å². The van der Waals surface area contributed by atoms with Crippen molar-refractivity contribution in [3.63, 3.8) is 0 Å². The average molecular weight is 543 g/mol. The highest BCUT2D eigenvalue weighted by molar-refractivity contribution is 6.24. The van der Waals surface area contributed by atoms with Gasteiger partial charge < -0.3 is 36.4 Å². The Morgan fingerprint density at radius 3 is 2.36 bits per heavy atom. The van der Waals surface area contributed by atoms with E-state index in [1.165, 1.54) is 4.90 Å². The number of fused-ring (bicyclic) bond motifs is 3. The van der Waals surface area contributed by atoms with E-state index in [0.717, 1.165) is 5.69 Å². The molecule has 0 spiro atoms. The lowest BCUT2D eigenvalue weighted by Crippen LogP contribution is -2.63. The van der Waals surface area contributed by atoms with Crippen LogP contribution in [0.15, 0.2) is 28.7 Å². The van der Waals surface area contributed by atoms with E-state index >= 15 is 0 Å². The van der Waals surface area contributed by atoms with Crippen LogP contribution in [-0.2, 0) is 22.6 Å². The number of phenolic OH excluding ortho intramolecular Hbond substituents is 1. The molecule has 11 heteroatoms. The summed E-state index contributed by atoms with van der Waals surface area (Å²) in [6, 6.07) is 0.815. The van der Waals surface area contributed by atoms with Crippen LogP contribution >= 0.6 is 0 Å². The SMILES string of the molecule is CC(C)CNCc1cc(N(C)C)c2c(c1O)C(=O)C1=C(O)[C@@]3(O)C(=O)C(C(N)=O)=C(O)[C@@H](N(C)C)[C@@H]3C[C@@H]1C2. The number of phenols is 1. The number of nitrogens with zero attached hydrogens (tertiary/aromatic N) is 2. The highest BCUT2D eigenvalue weighted by atomic mass is 16.3. The summed E-state index contributed by atoms with van der Waals surface area (Å²) >= 11 is 0. The van der Waals surface area contributed by atoms with Crippen LogP contribution < -0.4 is 16.0 Å². The largest absolute Gasteiger partial charge is 0.510 e. The number of amides is 1. The lowest BCUT2D eigenvalue weighted by atomic mass is 9.58. The summed E-state index contributed by atoms with van der Waals surface area (Å²) < 4.78 is 0. The molecule has 1 aromatic carbocycles. The highest BCUT2D eigenvalue weighted by Crippen LogP contribution is 2.53. The van der Waals surface area contributed by atoms with Crippen LogP contribution in [0.1, 0.15) is 41.8 Å². The zero-order valence-electron chi connectivity index (χ0n) is 23.2. The fourth-order valence-corrected chi connectivity index (χ4v) is 6.38. The normalized spacial score (nSPS) is 26.6. The molecule has 4 atom stereocenters. The Kier molecular flexibility index (Phi) is 7.30. The predicted molar refractivity (Wildman–Crippen MR) is 145 cm³/mol. The number of aromatic hydroxyl groups is 1. The molecule has 0 fully saturated rings. The molecule has 1 amide bonds. The molecule has 0 heterocycles. The number of primary amides is 1. The number of ketones is 2. The second kappa shape index (κ2) is 9.96. The lowest BCUT2D eigenvalue weighted by molar-refractivity contribution is -0.148. The maximum atomic E-state index is 14.0. The summed E-state index contributed by atoms with van der Waals surface area (Å²) in [5, 5.41) is 48.6. The maximum absolute atomic E-state index is 14.0. The van der Waals surface area contributed by atoms with Crippen molar-refractivity contribution in [1.82, 2.24) is 10.2 Å². The summed E-state index contributed by atoms with van der Waals surface area (Å²) in [7, 11) is 6.87. The summed E-state index contributed by atoms with van der Waals surface area (Å²) in [6.07, 6.45) is 0.298. The number of nitrogens with two attached hydrogens (primary N) is 1. The van der Waals surface area contributed by atoms with Gasteiger partial charge in [0.25, 0.3) is 5.91 Å². The molecule has 0 saturated carbocycles. The molecule has 4 rings (SSSR count). The Labute approximate surface area is 227 Å². The third kappa shape index (κ3) is 4.29. The van der Waals surface area contributed by atoms with Crippen LogP contribution in [0, 0.1) is 17.8 Å². The number of nitrogens with one attached hydrogen (secondary N) is 1. The van der Waals surface area contributed by atoms with Gasteiger partial charge in [-0.15, -0.1) is 0 Å². The van der Waals surface area contributed by atoms with E-state index in [-0.39, 0.29) is 29.7 Å². The van der Waals surface area contributed by atoms with Gasteiger partial charge in [0.15, 0.2) is 11.4 Å². The first-order chi connectivity index (χ1) is 18.1. The van der Waals surface area contributed by atoms with E-state index < -0.39 is 58.0 Å². The summed E-state index contributed by atoms with van der Waals surface area (Å²) in [5.41, 5.74) is 3.60. The third-order valence-electron chi connectivity index (χ3n) is 8.13. The Hall–Kier alpha value is -3.41. The van der Waals surface area contributed by atoms with Crippen molar-refractivity contribution in [3.05, 3.63) is 45.4 Å². The van der Waals surface area contributed by atoms with Crippen molar-refractivity contribution in [2.45, 2.75) is 44.9 Å². The van der Waals surface area contributed by atoms with Crippen LogP contribution in [0.4, 0.5) is 5.69 Å². The van der Waals surface area contributed by atoms with Crippen molar-refractivity contribution >= 4 is 23.2 Å². The smallest absolute Gasteiger partial charge is 0.255 e. The quantitative estimate of drug-likeness (QED) is 0.272. The number of allylic oxidation sites excluding steroid dienone is 1. The molecule has 0 aliphatic heterocycles. The number of carbonyl (C=O) groups excluding carboxylic acids is 3. The topological polar surface area (TPSA) is 177 Å². The zero-order chi connectivity index (χ0) is 29.1. The van der Waals surface area contributed by atoms with Gasteiger partial charge in [0, 0.05) is 43.4 Å². The molecule has 0 radical (unpaired) electrons. The third-order valence-corrected chi connectivity index (χ3v) is 8.13. The van der Waals surface area contributed by atoms with Crippen LogP contribution in [0.5, 0.6) is 5.75 Å². The number of benzene rings is 1. The van der Waals surface area contributed by atoms with Crippen molar-refractivity contribution < 1.29 is 34.8 Å². The van der Waals surface area contributed by atoms with Crippen LogP contribution in [0.2, 0.25) is 0 Å². The van der Waals surface area contributed by atoms with Gasteiger partial charge in [0.1, 0.15) is 22.8 Å². The van der Waals surface area contributed by atoms with Crippen LogP contribution in [-0.4, -0.2) is 89.2 Å². The Balaban J connectivity index is 1.91. The number of hydrogen-bond acceptors (Lipinski definition) is 10. The molecule has 39 heavy (non-hydrogen) atoms. The van der Waals surface area contributed by atoms with Gasteiger partial charge >= 0.3 is 0 Å². The number of aliphatic hydroxyl groups excluding tert-OH is 2. The van der Waals surface area contributed by atoms with Crippen LogP contribution in [0.3, 0.4) is 0 Å². The van der Waals surface area contributed by atoms with Crippen molar-refractivity contribution in [2.24, 2.45) is 23.5 Å². The molecule has 0 saturated heterocycles. The van der Waals surface area contributed by atoms with Gasteiger partial charge in [-0.3, -0.25) is 19.3 Å². The molecule has 1 aromatic rings. The molecule has 0 aromatic heterocycles. The molecule has 212 valence electrons. The lowest BCUT2D eigenvalue weighted by Gasteiger charge is -2.50. The van der Waals surface area contributed by atoms with E-state index in [1.54, 1.807) is 14.1 Å². The Bertz CT molecular complexity index is 1310. The number of anilines is 1. The minimum Gasteiger partial charge on any atom is -0.510 e. The first-order valence-electron chi connectivity index (χ1n) is 13.0. The highest BCUT2D eigenvalue weighted by Gasteiger charge is 2.63. The number of carbonyl (C=O) groups is 3. The standard InChI is InChI=1S/C28H38N4O7/c1-12(2)10-30-11-14-9-17(31(3)4)15-7-13-8-16-21(32(5)6)24(35)20(27(29)38)26(37)28(16,39)25(36)18(13)23(34)19(15)22(14)33/h9,12-13,16,21,30,33,35-36,39H,7-8,10-11H2,1-6H3,(H2,29,38)/t13-,16-,21-,28+/m0/s1. The van der Waals surface area contributed by atoms with E-state index in [2.05, 4.69) is 19.2 Å². The second-order valence-corrected chi connectivity index (χ2v) is 11.6. The molecule has 11 nitrogen and oxygen atoms in total. The zero-order valence-corrected chi connectivity index (χ0v) is 23.2. The summed E-state index contributed by atoms with van der Waals surface area (Å²) in [4.78, 5) is 42.9. The van der Waals surface area contributed by atoms with E-state index in [4.69, 9.17) is 5.73 Å². The summed E-state index contributed by atoms with van der Waals surface area (Å²) in [6.45, 7) is 5.11. The Morgan fingerprint density at radius 2 is 1.82 bits per heavy atom. The fourth-order valence-electron chi connectivity index (χ4n) is 6.38. The van der Waals surface area contributed by atoms with Gasteiger partial charge in [-0.05, 0) is 56.9 Å². The minimum atomic E-state index is -2.65. The fraction of sp³-hybridized carbons (Fsp3) is 0.536. The van der Waals surface area contributed by atoms with E-state index in [1.807, 2.05) is 25.1 Å². The first kappa shape index (κ1) is 28.6. The monoisotopic (exact) mass is 542 g/mol. The summed E-state index contributed by atoms with van der Waals surface area (Å²) in [5.74, 6) is -6.15. The van der Waals surface area contributed by atoms with Crippen molar-refractivity contribution in [2.75, 3.05) is 39.6 Å². The predicted octanol–water partition coefficient (Wildman–Crippen LogP) is 0.932. The van der Waals surface area contributed by atoms with Crippen LogP contribution in [0.25, 0.3) is 0 Å². The van der Waals surface area contributed by atoms with Crippen molar-refractivity contribution in [3.8, 4) is 5.75 Å². The van der Waals surface area contributed by atoms with Gasteiger partial charge in [0.05, 0.1) is 11.6 Å². The molecule has 3 aliphatic carbocycles. The van der Waals surface area contributed by atoms with Crippen molar-refractivity contribution in [1.29, 1.82) is 0 Å². The first-order valence-corrected chi connectivity index (χ1v) is 13.0. The van der Waals surface area contributed by atoms with Gasteiger partial charge in [-0.2, -0.15) is 0 Å². The number of rotatable bonds is 7. The van der Waals surface area contributed by atoms with Gasteiger partial charge in [-0.1, -0.05) is 13.8 Å². The number of aliphatic hydroxyl groups is 3. The molecular weight excluding hydrogens is 504 g/mol.